The number of benzene rings is 1. The van der Waals surface area contributed by atoms with Crippen LogP contribution in [0.2, 0.25) is 5.02 Å². The molecular formula is C24H29ClN4O2S. The molecule has 8 heteroatoms. The number of rotatable bonds is 9. The number of nitrogens with two attached hydrogens (primary N) is 1. The number of halogens is 1. The molecular weight excluding hydrogens is 444 g/mol. The first-order valence-corrected chi connectivity index (χ1v) is 12.3. The number of carbonyl (C=O) groups is 1. The van der Waals surface area contributed by atoms with Gasteiger partial charge in [0, 0.05) is 36.2 Å². The summed E-state index contributed by atoms with van der Waals surface area (Å²) in [6.45, 7) is 5.07. The quantitative estimate of drug-likeness (QED) is 0.435. The highest BCUT2D eigenvalue weighted by molar-refractivity contribution is 7.14. The summed E-state index contributed by atoms with van der Waals surface area (Å²) in [5.41, 5.74) is 6.90. The number of thiophene rings is 1. The Morgan fingerprint density at radius 1 is 1.22 bits per heavy atom. The minimum atomic E-state index is -0.136. The highest BCUT2D eigenvalue weighted by Gasteiger charge is 2.14. The number of hydrogen-bond acceptors (Lipinski definition) is 6. The SMILES string of the molecule is Nc1nccc2cc(CNC(=O)c3cc(Cl)c(COCCCN4CCCCC4)s3)ccc12. The van der Waals surface area contributed by atoms with Crippen molar-refractivity contribution in [3.63, 3.8) is 0 Å². The van der Waals surface area contributed by atoms with Crippen molar-refractivity contribution in [2.75, 3.05) is 32.0 Å². The van der Waals surface area contributed by atoms with Crippen LogP contribution in [-0.2, 0) is 17.9 Å². The number of nitrogens with zero attached hydrogens (tertiary/aromatic N) is 2. The van der Waals surface area contributed by atoms with Crippen LogP contribution in [0.1, 0.15) is 45.8 Å². The predicted molar refractivity (Wildman–Crippen MR) is 131 cm³/mol. The van der Waals surface area contributed by atoms with Crippen molar-refractivity contribution >= 4 is 45.4 Å². The molecule has 1 aromatic carbocycles. The van der Waals surface area contributed by atoms with E-state index in [4.69, 9.17) is 22.1 Å². The maximum absolute atomic E-state index is 12.6. The number of ether oxygens (including phenoxy) is 1. The fourth-order valence-electron chi connectivity index (χ4n) is 3.99. The molecule has 0 unspecified atom stereocenters. The van der Waals surface area contributed by atoms with E-state index < -0.39 is 0 Å². The van der Waals surface area contributed by atoms with E-state index in [1.165, 1.54) is 43.7 Å². The first-order valence-electron chi connectivity index (χ1n) is 11.1. The molecule has 1 aliphatic heterocycles. The van der Waals surface area contributed by atoms with E-state index in [1.807, 2.05) is 24.3 Å². The molecule has 1 saturated heterocycles. The van der Waals surface area contributed by atoms with Crippen molar-refractivity contribution in [3.05, 3.63) is 56.9 Å². The maximum atomic E-state index is 12.6. The van der Waals surface area contributed by atoms with Gasteiger partial charge in [0.1, 0.15) is 5.82 Å². The van der Waals surface area contributed by atoms with Crippen LogP contribution in [0.3, 0.4) is 0 Å². The molecule has 1 aliphatic rings. The molecule has 0 spiro atoms. The van der Waals surface area contributed by atoms with Gasteiger partial charge in [-0.15, -0.1) is 11.3 Å². The lowest BCUT2D eigenvalue weighted by Crippen LogP contribution is -2.31. The first-order chi connectivity index (χ1) is 15.6. The van der Waals surface area contributed by atoms with Crippen LogP contribution < -0.4 is 11.1 Å². The lowest BCUT2D eigenvalue weighted by Gasteiger charge is -2.26. The van der Waals surface area contributed by atoms with E-state index in [1.54, 1.807) is 12.3 Å². The number of aromatic nitrogens is 1. The van der Waals surface area contributed by atoms with Crippen molar-refractivity contribution in [1.82, 2.24) is 15.2 Å². The number of amides is 1. The zero-order valence-electron chi connectivity index (χ0n) is 18.1. The van der Waals surface area contributed by atoms with Gasteiger partial charge < -0.3 is 20.7 Å². The molecule has 1 fully saturated rings. The minimum Gasteiger partial charge on any atom is -0.383 e. The monoisotopic (exact) mass is 472 g/mol. The maximum Gasteiger partial charge on any atom is 0.261 e. The summed E-state index contributed by atoms with van der Waals surface area (Å²) in [5, 5.41) is 5.47. The van der Waals surface area contributed by atoms with Crippen LogP contribution in [0.4, 0.5) is 5.82 Å². The van der Waals surface area contributed by atoms with Gasteiger partial charge in [-0.3, -0.25) is 4.79 Å². The van der Waals surface area contributed by atoms with Crippen molar-refractivity contribution in [2.24, 2.45) is 0 Å². The largest absolute Gasteiger partial charge is 0.383 e. The number of likely N-dealkylation sites (tertiary alicyclic amines) is 1. The zero-order chi connectivity index (χ0) is 22.3. The summed E-state index contributed by atoms with van der Waals surface area (Å²) in [5.74, 6) is 0.371. The van der Waals surface area contributed by atoms with Gasteiger partial charge in [-0.05, 0) is 61.5 Å². The van der Waals surface area contributed by atoms with E-state index in [9.17, 15) is 4.79 Å². The number of anilines is 1. The molecule has 6 nitrogen and oxygen atoms in total. The summed E-state index contributed by atoms with van der Waals surface area (Å²) in [7, 11) is 0. The molecule has 1 amide bonds. The van der Waals surface area contributed by atoms with Gasteiger partial charge in [0.05, 0.1) is 16.5 Å². The van der Waals surface area contributed by atoms with Gasteiger partial charge in [0.15, 0.2) is 0 Å². The molecule has 2 aromatic heterocycles. The summed E-state index contributed by atoms with van der Waals surface area (Å²) in [4.78, 5) is 20.7. The second-order valence-electron chi connectivity index (χ2n) is 8.12. The van der Waals surface area contributed by atoms with E-state index in [2.05, 4.69) is 15.2 Å². The highest BCUT2D eigenvalue weighted by atomic mass is 35.5. The average molecular weight is 473 g/mol. The molecule has 0 radical (unpaired) electrons. The van der Waals surface area contributed by atoms with Gasteiger partial charge in [0.25, 0.3) is 5.91 Å². The van der Waals surface area contributed by atoms with Crippen LogP contribution in [0.5, 0.6) is 0 Å². The topological polar surface area (TPSA) is 80.5 Å². The van der Waals surface area contributed by atoms with Crippen LogP contribution >= 0.6 is 22.9 Å². The Balaban J connectivity index is 1.24. The van der Waals surface area contributed by atoms with Crippen molar-refractivity contribution in [2.45, 2.75) is 38.8 Å². The van der Waals surface area contributed by atoms with Crippen LogP contribution in [0.25, 0.3) is 10.8 Å². The van der Waals surface area contributed by atoms with Crippen molar-refractivity contribution in [1.29, 1.82) is 0 Å². The summed E-state index contributed by atoms with van der Waals surface area (Å²) in [6.07, 6.45) is 6.68. The highest BCUT2D eigenvalue weighted by Crippen LogP contribution is 2.28. The Morgan fingerprint density at radius 2 is 2.06 bits per heavy atom. The fraction of sp³-hybridized carbons (Fsp3) is 0.417. The summed E-state index contributed by atoms with van der Waals surface area (Å²) in [6, 6.07) is 9.53. The Labute approximate surface area is 197 Å². The lowest BCUT2D eigenvalue weighted by molar-refractivity contribution is 0.0955. The number of nitrogens with one attached hydrogen (secondary N) is 1. The van der Waals surface area contributed by atoms with Gasteiger partial charge in [0.2, 0.25) is 0 Å². The zero-order valence-corrected chi connectivity index (χ0v) is 19.7. The molecule has 4 rings (SSSR count). The standard InChI is InChI=1S/C24H29ClN4O2S/c25-20-14-21(32-22(20)16-31-12-4-11-29-9-2-1-3-10-29)24(30)28-15-17-5-6-19-18(13-17)7-8-27-23(19)26/h5-8,13-14H,1-4,9-12,15-16H2,(H2,26,27)(H,28,30). The van der Waals surface area contributed by atoms with Crippen molar-refractivity contribution in [3.8, 4) is 0 Å². The molecule has 32 heavy (non-hydrogen) atoms. The second kappa shape index (κ2) is 11.1. The van der Waals surface area contributed by atoms with Crippen molar-refractivity contribution < 1.29 is 9.53 Å². The molecule has 0 atom stereocenters. The van der Waals surface area contributed by atoms with Gasteiger partial charge in [-0.25, -0.2) is 4.98 Å². The Morgan fingerprint density at radius 3 is 2.91 bits per heavy atom. The van der Waals surface area contributed by atoms with E-state index >= 15 is 0 Å². The Hall–Kier alpha value is -2.19. The Bertz CT molecular complexity index is 1070. The van der Waals surface area contributed by atoms with Gasteiger partial charge in [-0.2, -0.15) is 0 Å². The molecule has 3 aromatic rings. The Kier molecular flexibility index (Phi) is 7.97. The normalized spacial score (nSPS) is 14.7. The second-order valence-corrected chi connectivity index (χ2v) is 9.67. The summed E-state index contributed by atoms with van der Waals surface area (Å²) >= 11 is 7.73. The third-order valence-corrected chi connectivity index (χ3v) is 7.30. The van der Waals surface area contributed by atoms with Crippen LogP contribution in [-0.4, -0.2) is 42.0 Å². The van der Waals surface area contributed by atoms with Gasteiger partial charge >= 0.3 is 0 Å². The molecule has 0 aliphatic carbocycles. The van der Waals surface area contributed by atoms with Crippen LogP contribution in [0, 0.1) is 0 Å². The first kappa shape index (κ1) is 23.0. The number of nitrogen functional groups attached to an aromatic ring is 1. The molecule has 0 bridgehead atoms. The number of piperidine rings is 1. The van der Waals surface area contributed by atoms with E-state index in [0.29, 0.717) is 35.5 Å². The number of pyridine rings is 1. The van der Waals surface area contributed by atoms with E-state index in [-0.39, 0.29) is 5.91 Å². The molecule has 3 N–H and O–H groups in total. The molecule has 0 saturated carbocycles. The summed E-state index contributed by atoms with van der Waals surface area (Å²) < 4.78 is 5.82. The lowest BCUT2D eigenvalue weighted by atomic mass is 10.1. The average Bonchev–Trinajstić information content (AvgIpc) is 3.18. The predicted octanol–water partition coefficient (Wildman–Crippen LogP) is 4.85. The minimum absolute atomic E-state index is 0.136. The smallest absolute Gasteiger partial charge is 0.261 e. The number of hydrogen-bond donors (Lipinski definition) is 2. The third kappa shape index (κ3) is 5.98. The number of fused-ring (bicyclic) bond motifs is 1. The van der Waals surface area contributed by atoms with Crippen LogP contribution in [0.15, 0.2) is 36.5 Å². The molecule has 170 valence electrons. The van der Waals surface area contributed by atoms with Gasteiger partial charge in [-0.1, -0.05) is 30.2 Å². The fourth-order valence-corrected chi connectivity index (χ4v) is 5.23. The third-order valence-electron chi connectivity index (χ3n) is 5.74. The van der Waals surface area contributed by atoms with E-state index in [0.717, 1.165) is 34.2 Å². The number of carbonyl (C=O) groups excluding carboxylic acids is 1. The molecule has 3 heterocycles.